The van der Waals surface area contributed by atoms with E-state index in [0.29, 0.717) is 16.8 Å². The minimum Gasteiger partial charge on any atom is -0.309 e. The van der Waals surface area contributed by atoms with E-state index >= 15 is 0 Å². The normalized spacial score (nSPS) is 23.4. The number of hydrogen-bond donors (Lipinski definition) is 1. The molecule has 1 heterocycles. The van der Waals surface area contributed by atoms with Crippen molar-refractivity contribution in [3.63, 3.8) is 0 Å². The highest BCUT2D eigenvalue weighted by Crippen LogP contribution is 2.23. The SMILES string of the molecule is CC(NCC1CCCS1(=O)=O)c1ccc(F)c(Br)c1. The van der Waals surface area contributed by atoms with Gasteiger partial charge in [-0.2, -0.15) is 0 Å². The molecule has 0 radical (unpaired) electrons. The topological polar surface area (TPSA) is 46.2 Å². The molecule has 0 aliphatic carbocycles. The zero-order chi connectivity index (χ0) is 14.0. The van der Waals surface area contributed by atoms with E-state index in [0.717, 1.165) is 18.4 Å². The minimum atomic E-state index is -2.91. The fourth-order valence-electron chi connectivity index (χ4n) is 2.30. The first kappa shape index (κ1) is 14.9. The summed E-state index contributed by atoms with van der Waals surface area (Å²) in [5, 5.41) is 2.94. The van der Waals surface area contributed by atoms with Crippen molar-refractivity contribution in [2.75, 3.05) is 12.3 Å². The number of hydrogen-bond acceptors (Lipinski definition) is 3. The third kappa shape index (κ3) is 3.55. The van der Waals surface area contributed by atoms with Crippen LogP contribution in [0.4, 0.5) is 4.39 Å². The number of halogens is 2. The van der Waals surface area contributed by atoms with Gasteiger partial charge in [0.2, 0.25) is 0 Å². The van der Waals surface area contributed by atoms with Crippen molar-refractivity contribution >= 4 is 25.8 Å². The lowest BCUT2D eigenvalue weighted by Crippen LogP contribution is -2.32. The Morgan fingerprint density at radius 3 is 2.84 bits per heavy atom. The van der Waals surface area contributed by atoms with Crippen LogP contribution in [0.5, 0.6) is 0 Å². The average Bonchev–Trinajstić information content (AvgIpc) is 2.69. The van der Waals surface area contributed by atoms with Crippen molar-refractivity contribution in [2.24, 2.45) is 0 Å². The zero-order valence-electron chi connectivity index (χ0n) is 10.7. The first-order valence-corrected chi connectivity index (χ1v) is 8.81. The third-order valence-corrected chi connectivity index (χ3v) is 6.44. The summed E-state index contributed by atoms with van der Waals surface area (Å²) < 4.78 is 37.0. The van der Waals surface area contributed by atoms with Crippen LogP contribution in [0.1, 0.15) is 31.4 Å². The summed E-state index contributed by atoms with van der Waals surface area (Å²) in [6, 6.07) is 4.83. The molecule has 1 saturated heterocycles. The van der Waals surface area contributed by atoms with Gasteiger partial charge in [-0.05, 0) is 53.4 Å². The maximum absolute atomic E-state index is 13.1. The molecular formula is C13H17BrFNO2S. The smallest absolute Gasteiger partial charge is 0.154 e. The van der Waals surface area contributed by atoms with E-state index in [4.69, 9.17) is 0 Å². The Kier molecular flexibility index (Phi) is 4.63. The Labute approximate surface area is 121 Å². The molecule has 1 aromatic carbocycles. The van der Waals surface area contributed by atoms with Crippen molar-refractivity contribution in [1.82, 2.24) is 5.32 Å². The summed E-state index contributed by atoms with van der Waals surface area (Å²) in [7, 11) is -2.91. The highest BCUT2D eigenvalue weighted by molar-refractivity contribution is 9.10. The second-order valence-corrected chi connectivity index (χ2v) is 8.19. The van der Waals surface area contributed by atoms with Crippen LogP contribution in [0.2, 0.25) is 0 Å². The van der Waals surface area contributed by atoms with Gasteiger partial charge in [0.1, 0.15) is 5.82 Å². The summed E-state index contributed by atoms with van der Waals surface area (Å²) in [6.45, 7) is 2.40. The molecular weight excluding hydrogens is 333 g/mol. The van der Waals surface area contributed by atoms with E-state index in [1.54, 1.807) is 12.1 Å². The van der Waals surface area contributed by atoms with Gasteiger partial charge in [-0.15, -0.1) is 0 Å². The fourth-order valence-corrected chi connectivity index (χ4v) is 4.47. The summed E-state index contributed by atoms with van der Waals surface area (Å²) >= 11 is 3.15. The molecule has 19 heavy (non-hydrogen) atoms. The van der Waals surface area contributed by atoms with Crippen LogP contribution in [-0.4, -0.2) is 26.0 Å². The molecule has 2 unspecified atom stereocenters. The molecule has 3 nitrogen and oxygen atoms in total. The summed E-state index contributed by atoms with van der Waals surface area (Å²) in [5.41, 5.74) is 0.934. The second-order valence-electron chi connectivity index (χ2n) is 4.93. The van der Waals surface area contributed by atoms with Gasteiger partial charge in [0.15, 0.2) is 9.84 Å². The Morgan fingerprint density at radius 2 is 2.26 bits per heavy atom. The van der Waals surface area contributed by atoms with Crippen molar-refractivity contribution < 1.29 is 12.8 Å². The Hall–Kier alpha value is -0.460. The molecule has 106 valence electrons. The van der Waals surface area contributed by atoms with Crippen LogP contribution in [0.3, 0.4) is 0 Å². The predicted molar refractivity (Wildman–Crippen MR) is 77.3 cm³/mol. The maximum atomic E-state index is 13.1. The Morgan fingerprint density at radius 1 is 1.53 bits per heavy atom. The standard InChI is InChI=1S/C13H17BrFNO2S/c1-9(10-4-5-13(15)12(14)7-10)16-8-11-3-2-6-19(11,17)18/h4-5,7,9,11,16H,2-3,6,8H2,1H3. The molecule has 0 amide bonds. The number of rotatable bonds is 4. The van der Waals surface area contributed by atoms with Gasteiger partial charge >= 0.3 is 0 Å². The summed E-state index contributed by atoms with van der Waals surface area (Å²) in [4.78, 5) is 0. The number of nitrogens with one attached hydrogen (secondary N) is 1. The van der Waals surface area contributed by atoms with E-state index in [1.807, 2.05) is 6.92 Å². The highest BCUT2D eigenvalue weighted by atomic mass is 79.9. The fraction of sp³-hybridized carbons (Fsp3) is 0.538. The molecule has 0 spiro atoms. The Bertz CT molecular complexity index is 562. The number of sulfone groups is 1. The van der Waals surface area contributed by atoms with Gasteiger partial charge < -0.3 is 5.32 Å². The van der Waals surface area contributed by atoms with Gasteiger partial charge in [0.05, 0.1) is 15.5 Å². The lowest BCUT2D eigenvalue weighted by atomic mass is 10.1. The lowest BCUT2D eigenvalue weighted by molar-refractivity contribution is 0.537. The molecule has 0 bridgehead atoms. The minimum absolute atomic E-state index is 0.00676. The van der Waals surface area contributed by atoms with Gasteiger partial charge in [0.25, 0.3) is 0 Å². The van der Waals surface area contributed by atoms with E-state index in [2.05, 4.69) is 21.2 Å². The predicted octanol–water partition coefficient (Wildman–Crippen LogP) is 2.82. The molecule has 1 aliphatic heterocycles. The average molecular weight is 350 g/mol. The molecule has 0 aromatic heterocycles. The molecule has 0 saturated carbocycles. The first-order chi connectivity index (χ1) is 8.90. The monoisotopic (exact) mass is 349 g/mol. The van der Waals surface area contributed by atoms with Gasteiger partial charge in [-0.1, -0.05) is 6.07 Å². The summed E-state index contributed by atoms with van der Waals surface area (Å²) in [5.74, 6) is 0.00449. The third-order valence-electron chi connectivity index (χ3n) is 3.56. The van der Waals surface area contributed by atoms with Crippen molar-refractivity contribution in [3.05, 3.63) is 34.1 Å². The van der Waals surface area contributed by atoms with E-state index in [1.165, 1.54) is 6.07 Å². The number of benzene rings is 1. The molecule has 1 N–H and O–H groups in total. The molecule has 2 rings (SSSR count). The second kappa shape index (κ2) is 5.89. The molecule has 1 aliphatic rings. The van der Waals surface area contributed by atoms with Crippen LogP contribution in [0.25, 0.3) is 0 Å². The largest absolute Gasteiger partial charge is 0.309 e. The van der Waals surface area contributed by atoms with Crippen molar-refractivity contribution in [1.29, 1.82) is 0 Å². The van der Waals surface area contributed by atoms with E-state index in [-0.39, 0.29) is 17.1 Å². The van der Waals surface area contributed by atoms with Crippen LogP contribution < -0.4 is 5.32 Å². The quantitative estimate of drug-likeness (QED) is 0.908. The van der Waals surface area contributed by atoms with E-state index < -0.39 is 9.84 Å². The van der Waals surface area contributed by atoms with Gasteiger partial charge in [-0.3, -0.25) is 0 Å². The maximum Gasteiger partial charge on any atom is 0.154 e. The highest BCUT2D eigenvalue weighted by Gasteiger charge is 2.31. The first-order valence-electron chi connectivity index (χ1n) is 6.30. The lowest BCUT2D eigenvalue weighted by Gasteiger charge is -2.17. The van der Waals surface area contributed by atoms with Crippen LogP contribution in [0.15, 0.2) is 22.7 Å². The van der Waals surface area contributed by atoms with Crippen LogP contribution in [0, 0.1) is 5.82 Å². The molecule has 2 atom stereocenters. The molecule has 1 fully saturated rings. The van der Waals surface area contributed by atoms with E-state index in [9.17, 15) is 12.8 Å². The van der Waals surface area contributed by atoms with Gasteiger partial charge in [-0.25, -0.2) is 12.8 Å². The van der Waals surface area contributed by atoms with Crippen LogP contribution in [-0.2, 0) is 9.84 Å². The van der Waals surface area contributed by atoms with Gasteiger partial charge in [0, 0.05) is 12.6 Å². The zero-order valence-corrected chi connectivity index (χ0v) is 13.1. The summed E-state index contributed by atoms with van der Waals surface area (Å²) in [6.07, 6.45) is 1.49. The molecule has 6 heteroatoms. The van der Waals surface area contributed by atoms with Crippen molar-refractivity contribution in [3.8, 4) is 0 Å². The van der Waals surface area contributed by atoms with Crippen molar-refractivity contribution in [2.45, 2.75) is 31.1 Å². The van der Waals surface area contributed by atoms with Crippen LogP contribution >= 0.6 is 15.9 Å². The Balaban J connectivity index is 1.98. The molecule has 1 aromatic rings.